The smallest absolute Gasteiger partial charge is 0.407 e. The average molecular weight is 418 g/mol. The highest BCUT2D eigenvalue weighted by Gasteiger charge is 2.29. The quantitative estimate of drug-likeness (QED) is 0.439. The summed E-state index contributed by atoms with van der Waals surface area (Å²) in [5.41, 5.74) is 11.4. The Balaban J connectivity index is 1.29. The van der Waals surface area contributed by atoms with Gasteiger partial charge in [-0.2, -0.15) is 0 Å². The van der Waals surface area contributed by atoms with Gasteiger partial charge in [0.25, 0.3) is 0 Å². The van der Waals surface area contributed by atoms with Gasteiger partial charge in [-0.05, 0) is 34.7 Å². The molecule has 6 heteroatoms. The molecule has 1 aliphatic carbocycles. The number of nitrogen functional groups attached to an aromatic ring is 1. The van der Waals surface area contributed by atoms with Gasteiger partial charge in [0, 0.05) is 23.7 Å². The van der Waals surface area contributed by atoms with Crippen LogP contribution in [0.5, 0.6) is 0 Å². The van der Waals surface area contributed by atoms with Gasteiger partial charge < -0.3 is 26.0 Å². The molecule has 5 N–H and O–H groups in total. The maximum Gasteiger partial charge on any atom is 0.407 e. The zero-order valence-corrected chi connectivity index (χ0v) is 17.1. The molecule has 1 amide bonds. The highest BCUT2D eigenvalue weighted by molar-refractivity contribution is 5.79. The molecule has 0 heterocycles. The number of rotatable bonds is 7. The number of fused-ring (bicyclic) bond motifs is 3. The highest BCUT2D eigenvalue weighted by Crippen LogP contribution is 2.44. The SMILES string of the molecule is Nc1ccccc1C(O)C(O)CCNC(=O)OCC1c2ccccc2-c2ccccc21. The van der Waals surface area contributed by atoms with Crippen LogP contribution >= 0.6 is 0 Å². The topological polar surface area (TPSA) is 105 Å². The molecule has 0 saturated carbocycles. The Morgan fingerprint density at radius 2 is 1.52 bits per heavy atom. The average Bonchev–Trinajstić information content (AvgIpc) is 3.11. The van der Waals surface area contributed by atoms with Crippen LogP contribution in [0.1, 0.15) is 35.1 Å². The second-order valence-electron chi connectivity index (χ2n) is 7.68. The fourth-order valence-electron chi connectivity index (χ4n) is 4.12. The Bertz CT molecular complexity index is 1020. The van der Waals surface area contributed by atoms with E-state index < -0.39 is 18.3 Å². The Morgan fingerprint density at radius 1 is 0.935 bits per heavy atom. The van der Waals surface area contributed by atoms with E-state index in [1.165, 1.54) is 11.1 Å². The molecule has 3 aromatic carbocycles. The number of nitrogens with two attached hydrogens (primary N) is 1. The van der Waals surface area contributed by atoms with Gasteiger partial charge >= 0.3 is 6.09 Å². The third kappa shape index (κ3) is 4.40. The van der Waals surface area contributed by atoms with Crippen LogP contribution in [0.2, 0.25) is 0 Å². The molecular weight excluding hydrogens is 392 g/mol. The van der Waals surface area contributed by atoms with E-state index in [-0.39, 0.29) is 25.5 Å². The second-order valence-corrected chi connectivity index (χ2v) is 7.68. The minimum Gasteiger partial charge on any atom is -0.449 e. The van der Waals surface area contributed by atoms with Crippen molar-refractivity contribution in [3.05, 3.63) is 89.5 Å². The number of para-hydroxylation sites is 1. The van der Waals surface area contributed by atoms with E-state index in [0.29, 0.717) is 11.3 Å². The zero-order chi connectivity index (χ0) is 21.8. The van der Waals surface area contributed by atoms with Crippen LogP contribution in [-0.2, 0) is 4.74 Å². The molecule has 2 atom stereocenters. The van der Waals surface area contributed by atoms with Crippen LogP contribution in [-0.4, -0.2) is 35.6 Å². The van der Waals surface area contributed by atoms with Crippen LogP contribution in [0.15, 0.2) is 72.8 Å². The van der Waals surface area contributed by atoms with Crippen molar-refractivity contribution in [1.82, 2.24) is 5.32 Å². The second kappa shape index (κ2) is 9.20. The molecule has 0 bridgehead atoms. The number of benzene rings is 3. The number of aliphatic hydroxyl groups is 2. The highest BCUT2D eigenvalue weighted by atomic mass is 16.5. The Hall–Kier alpha value is -3.35. The summed E-state index contributed by atoms with van der Waals surface area (Å²) in [4.78, 5) is 12.2. The van der Waals surface area contributed by atoms with E-state index in [4.69, 9.17) is 10.5 Å². The number of carbonyl (C=O) groups excluding carboxylic acids is 1. The summed E-state index contributed by atoms with van der Waals surface area (Å²) in [5, 5.41) is 23.2. The number of amides is 1. The predicted octanol–water partition coefficient (Wildman–Crippen LogP) is 3.59. The van der Waals surface area contributed by atoms with Gasteiger partial charge in [-0.25, -0.2) is 4.79 Å². The zero-order valence-electron chi connectivity index (χ0n) is 17.1. The lowest BCUT2D eigenvalue weighted by Crippen LogP contribution is -2.30. The molecule has 4 rings (SSSR count). The first-order valence-electron chi connectivity index (χ1n) is 10.4. The molecular formula is C25H26N2O4. The van der Waals surface area contributed by atoms with Crippen molar-refractivity contribution in [2.45, 2.75) is 24.5 Å². The Kier molecular flexibility index (Phi) is 6.21. The predicted molar refractivity (Wildman–Crippen MR) is 120 cm³/mol. The monoisotopic (exact) mass is 418 g/mol. The van der Waals surface area contributed by atoms with E-state index in [0.717, 1.165) is 11.1 Å². The van der Waals surface area contributed by atoms with Gasteiger partial charge in [0.15, 0.2) is 0 Å². The minimum atomic E-state index is -1.12. The fraction of sp³-hybridized carbons (Fsp3) is 0.240. The molecule has 0 radical (unpaired) electrons. The van der Waals surface area contributed by atoms with Gasteiger partial charge in [-0.15, -0.1) is 0 Å². The summed E-state index contributed by atoms with van der Waals surface area (Å²) in [6.45, 7) is 0.396. The molecule has 3 aromatic rings. The first-order valence-corrected chi connectivity index (χ1v) is 10.4. The molecule has 2 unspecified atom stereocenters. The third-order valence-corrected chi connectivity index (χ3v) is 5.73. The summed E-state index contributed by atoms with van der Waals surface area (Å²) in [6.07, 6.45) is -2.56. The van der Waals surface area contributed by atoms with Crippen molar-refractivity contribution >= 4 is 11.8 Å². The number of anilines is 1. The number of carbonyl (C=O) groups is 1. The van der Waals surface area contributed by atoms with Crippen molar-refractivity contribution in [1.29, 1.82) is 0 Å². The summed E-state index contributed by atoms with van der Waals surface area (Å²) >= 11 is 0. The summed E-state index contributed by atoms with van der Waals surface area (Å²) in [7, 11) is 0. The van der Waals surface area contributed by atoms with Gasteiger partial charge in [0.2, 0.25) is 0 Å². The van der Waals surface area contributed by atoms with E-state index in [9.17, 15) is 15.0 Å². The fourth-order valence-corrected chi connectivity index (χ4v) is 4.12. The first kappa shape index (κ1) is 20.9. The van der Waals surface area contributed by atoms with E-state index >= 15 is 0 Å². The standard InChI is InChI=1S/C25H26N2O4/c26-22-12-6-5-11-20(22)24(29)23(28)13-14-27-25(30)31-15-21-18-9-3-1-7-16(18)17-8-2-4-10-19(17)21/h1-12,21,23-24,28-29H,13-15,26H2,(H,27,30). The summed E-state index contributed by atoms with van der Waals surface area (Å²) in [5.74, 6) is -0.00776. The lowest BCUT2D eigenvalue weighted by Gasteiger charge is -2.20. The van der Waals surface area contributed by atoms with Gasteiger partial charge in [-0.1, -0.05) is 66.7 Å². The first-order chi connectivity index (χ1) is 15.1. The normalized spacial score (nSPS) is 14.4. The molecule has 6 nitrogen and oxygen atoms in total. The van der Waals surface area contributed by atoms with Gasteiger partial charge in [0.1, 0.15) is 12.7 Å². The number of nitrogens with one attached hydrogen (secondary N) is 1. The summed E-state index contributed by atoms with van der Waals surface area (Å²) < 4.78 is 5.47. The molecule has 0 saturated heterocycles. The van der Waals surface area contributed by atoms with Crippen LogP contribution in [0.25, 0.3) is 11.1 Å². The number of hydrogen-bond donors (Lipinski definition) is 4. The van der Waals surface area contributed by atoms with Crippen LogP contribution in [0.3, 0.4) is 0 Å². The molecule has 0 spiro atoms. The molecule has 31 heavy (non-hydrogen) atoms. The van der Waals surface area contributed by atoms with Crippen molar-refractivity contribution in [3.63, 3.8) is 0 Å². The summed E-state index contributed by atoms with van der Waals surface area (Å²) in [6, 6.07) is 23.1. The van der Waals surface area contributed by atoms with Crippen molar-refractivity contribution in [2.24, 2.45) is 0 Å². The Labute approximate surface area is 181 Å². The number of hydrogen-bond acceptors (Lipinski definition) is 5. The Morgan fingerprint density at radius 3 is 2.16 bits per heavy atom. The van der Waals surface area contributed by atoms with Crippen molar-refractivity contribution in [2.75, 3.05) is 18.9 Å². The van der Waals surface area contributed by atoms with Gasteiger partial charge in [-0.3, -0.25) is 0 Å². The molecule has 1 aliphatic rings. The van der Waals surface area contributed by atoms with Crippen LogP contribution in [0, 0.1) is 0 Å². The third-order valence-electron chi connectivity index (χ3n) is 5.73. The van der Waals surface area contributed by atoms with Crippen LogP contribution in [0.4, 0.5) is 10.5 Å². The van der Waals surface area contributed by atoms with E-state index in [1.807, 2.05) is 24.3 Å². The maximum absolute atomic E-state index is 12.2. The number of ether oxygens (including phenoxy) is 1. The van der Waals surface area contributed by atoms with Crippen molar-refractivity contribution < 1.29 is 19.7 Å². The molecule has 0 aromatic heterocycles. The lowest BCUT2D eigenvalue weighted by molar-refractivity contribution is 0.0141. The lowest BCUT2D eigenvalue weighted by atomic mass is 9.98. The largest absolute Gasteiger partial charge is 0.449 e. The maximum atomic E-state index is 12.2. The van der Waals surface area contributed by atoms with Crippen LogP contribution < -0.4 is 11.1 Å². The molecule has 160 valence electrons. The van der Waals surface area contributed by atoms with Gasteiger partial charge in [0.05, 0.1) is 6.10 Å². The van der Waals surface area contributed by atoms with Crippen molar-refractivity contribution in [3.8, 4) is 11.1 Å². The number of aliphatic hydroxyl groups excluding tert-OH is 2. The van der Waals surface area contributed by atoms with E-state index in [2.05, 4.69) is 29.6 Å². The van der Waals surface area contributed by atoms with E-state index in [1.54, 1.807) is 24.3 Å². The number of alkyl carbamates (subject to hydrolysis) is 1. The minimum absolute atomic E-state index is 0.00776. The molecule has 0 aliphatic heterocycles. The molecule has 0 fully saturated rings.